The maximum atomic E-state index is 5.55. The first-order chi connectivity index (χ1) is 10.8. The Morgan fingerprint density at radius 3 is 2.91 bits per heavy atom. The fraction of sp³-hybridized carbons (Fsp3) is 0.167. The average molecular weight is 355 g/mol. The minimum Gasteiger partial charge on any atom is -0.496 e. The third-order valence-electron chi connectivity index (χ3n) is 4.04. The number of rotatable bonds is 2. The fourth-order valence-corrected chi connectivity index (χ4v) is 3.42. The number of benzene rings is 1. The zero-order valence-corrected chi connectivity index (χ0v) is 13.8. The van der Waals surface area contributed by atoms with Crippen LogP contribution >= 0.6 is 15.9 Å². The van der Waals surface area contributed by atoms with Crippen LogP contribution in [-0.2, 0) is 6.42 Å². The predicted molar refractivity (Wildman–Crippen MR) is 91.3 cm³/mol. The Balaban J connectivity index is 1.99. The van der Waals surface area contributed by atoms with Gasteiger partial charge in [0.05, 0.1) is 18.5 Å². The molecule has 2 heterocycles. The Kier molecular flexibility index (Phi) is 3.26. The van der Waals surface area contributed by atoms with Gasteiger partial charge in [0.15, 0.2) is 0 Å². The van der Waals surface area contributed by atoms with Gasteiger partial charge in [-0.05, 0) is 47.0 Å². The molecular formula is C18H15BrN2O. The van der Waals surface area contributed by atoms with Crippen LogP contribution in [0.15, 0.2) is 53.1 Å². The molecule has 0 amide bonds. The Morgan fingerprint density at radius 1 is 1.18 bits per heavy atom. The van der Waals surface area contributed by atoms with Gasteiger partial charge in [0.25, 0.3) is 0 Å². The Labute approximate surface area is 137 Å². The second-order valence-corrected chi connectivity index (χ2v) is 6.26. The second kappa shape index (κ2) is 5.29. The molecule has 3 nitrogen and oxygen atoms in total. The second-order valence-electron chi connectivity index (χ2n) is 5.34. The van der Waals surface area contributed by atoms with E-state index in [9.17, 15) is 0 Å². The number of imidazole rings is 1. The van der Waals surface area contributed by atoms with Crippen molar-refractivity contribution in [2.45, 2.75) is 12.8 Å². The first-order valence-electron chi connectivity index (χ1n) is 7.28. The minimum absolute atomic E-state index is 0.895. The number of methoxy groups -OCH3 is 1. The van der Waals surface area contributed by atoms with Gasteiger partial charge in [-0.3, -0.25) is 4.40 Å². The molecule has 0 spiro atoms. The van der Waals surface area contributed by atoms with Gasteiger partial charge >= 0.3 is 0 Å². The molecular weight excluding hydrogens is 340 g/mol. The summed E-state index contributed by atoms with van der Waals surface area (Å²) in [5.74, 6) is 0.895. The molecule has 0 fully saturated rings. The monoisotopic (exact) mass is 354 g/mol. The topological polar surface area (TPSA) is 26.5 Å². The number of aromatic nitrogens is 2. The summed E-state index contributed by atoms with van der Waals surface area (Å²) in [6, 6.07) is 12.2. The molecule has 0 bridgehead atoms. The number of pyridine rings is 1. The number of halogens is 1. The SMILES string of the molecule is COc1ccccc1C1=CCCc2nc3ccc(Br)cn3c21. The smallest absolute Gasteiger partial charge is 0.137 e. The predicted octanol–water partition coefficient (Wildman–Crippen LogP) is 4.48. The molecule has 2 aromatic heterocycles. The van der Waals surface area contributed by atoms with Crippen molar-refractivity contribution >= 4 is 27.2 Å². The standard InChI is InChI=1S/C18H15BrN2O/c1-22-16-8-3-2-5-13(16)14-6-4-7-15-18(14)21-11-12(19)9-10-17(21)20-15/h2-3,5-6,8-11H,4,7H2,1H3. The molecule has 4 rings (SSSR count). The van der Waals surface area contributed by atoms with Gasteiger partial charge in [-0.15, -0.1) is 0 Å². The third-order valence-corrected chi connectivity index (χ3v) is 4.51. The summed E-state index contributed by atoms with van der Waals surface area (Å²) < 4.78 is 8.76. The Hall–Kier alpha value is -2.07. The number of nitrogens with zero attached hydrogens (tertiary/aromatic N) is 2. The molecule has 0 saturated heterocycles. The lowest BCUT2D eigenvalue weighted by Crippen LogP contribution is -2.04. The van der Waals surface area contributed by atoms with Crippen LogP contribution in [0.25, 0.3) is 11.2 Å². The number of ether oxygens (including phenoxy) is 1. The summed E-state index contributed by atoms with van der Waals surface area (Å²) in [7, 11) is 1.72. The normalized spacial score (nSPS) is 13.8. The van der Waals surface area contributed by atoms with Crippen LogP contribution < -0.4 is 4.74 Å². The van der Waals surface area contributed by atoms with Crippen LogP contribution in [0, 0.1) is 0 Å². The summed E-state index contributed by atoms with van der Waals surface area (Å²) in [6.45, 7) is 0. The summed E-state index contributed by atoms with van der Waals surface area (Å²) in [4.78, 5) is 4.79. The van der Waals surface area contributed by atoms with Crippen LogP contribution in [0.1, 0.15) is 23.4 Å². The Morgan fingerprint density at radius 2 is 2.05 bits per heavy atom. The van der Waals surface area contributed by atoms with Gasteiger partial charge in [0.2, 0.25) is 0 Å². The summed E-state index contributed by atoms with van der Waals surface area (Å²) >= 11 is 3.56. The quantitative estimate of drug-likeness (QED) is 0.677. The van der Waals surface area contributed by atoms with Gasteiger partial charge in [-0.1, -0.05) is 24.3 Å². The summed E-state index contributed by atoms with van der Waals surface area (Å²) in [5.41, 5.74) is 5.63. The molecule has 1 aromatic carbocycles. The molecule has 0 N–H and O–H groups in total. The maximum Gasteiger partial charge on any atom is 0.137 e. The minimum atomic E-state index is 0.895. The molecule has 22 heavy (non-hydrogen) atoms. The third kappa shape index (κ3) is 2.06. The van der Waals surface area contributed by atoms with Crippen molar-refractivity contribution in [3.8, 4) is 5.75 Å². The molecule has 0 unspecified atom stereocenters. The van der Waals surface area contributed by atoms with Crippen molar-refractivity contribution < 1.29 is 4.74 Å². The van der Waals surface area contributed by atoms with Crippen molar-refractivity contribution in [2.75, 3.05) is 7.11 Å². The largest absolute Gasteiger partial charge is 0.496 e. The first-order valence-corrected chi connectivity index (χ1v) is 8.07. The highest BCUT2D eigenvalue weighted by molar-refractivity contribution is 9.10. The lowest BCUT2D eigenvalue weighted by Gasteiger charge is -2.17. The summed E-state index contributed by atoms with van der Waals surface area (Å²) in [6.07, 6.45) is 6.35. The van der Waals surface area contributed by atoms with Crippen molar-refractivity contribution in [3.05, 3.63) is 70.1 Å². The number of hydrogen-bond donors (Lipinski definition) is 0. The zero-order valence-electron chi connectivity index (χ0n) is 12.2. The van der Waals surface area contributed by atoms with Gasteiger partial charge < -0.3 is 4.74 Å². The van der Waals surface area contributed by atoms with Crippen LogP contribution in [0.5, 0.6) is 5.75 Å². The van der Waals surface area contributed by atoms with Crippen molar-refractivity contribution in [1.29, 1.82) is 0 Å². The highest BCUT2D eigenvalue weighted by Crippen LogP contribution is 2.36. The van der Waals surface area contributed by atoms with Crippen LogP contribution in [-0.4, -0.2) is 16.5 Å². The van der Waals surface area contributed by atoms with E-state index < -0.39 is 0 Å². The molecule has 4 heteroatoms. The van der Waals surface area contributed by atoms with E-state index in [0.717, 1.165) is 40.0 Å². The van der Waals surface area contributed by atoms with E-state index in [1.54, 1.807) is 7.11 Å². The number of hydrogen-bond acceptors (Lipinski definition) is 2. The molecule has 0 saturated carbocycles. The first kappa shape index (κ1) is 13.6. The highest BCUT2D eigenvalue weighted by Gasteiger charge is 2.22. The average Bonchev–Trinajstić information content (AvgIpc) is 2.92. The lowest BCUT2D eigenvalue weighted by molar-refractivity contribution is 0.413. The molecule has 3 aromatic rings. The lowest BCUT2D eigenvalue weighted by atomic mass is 9.93. The molecule has 110 valence electrons. The van der Waals surface area contributed by atoms with Crippen LogP contribution in [0.3, 0.4) is 0 Å². The van der Waals surface area contributed by atoms with Gasteiger partial charge in [-0.25, -0.2) is 4.98 Å². The van der Waals surface area contributed by atoms with E-state index in [1.807, 2.05) is 30.3 Å². The molecule has 1 aliphatic rings. The fourth-order valence-electron chi connectivity index (χ4n) is 3.08. The van der Waals surface area contributed by atoms with E-state index in [0.29, 0.717) is 0 Å². The van der Waals surface area contributed by atoms with Crippen LogP contribution in [0.2, 0.25) is 0 Å². The van der Waals surface area contributed by atoms with Crippen molar-refractivity contribution in [1.82, 2.24) is 9.38 Å². The van der Waals surface area contributed by atoms with E-state index in [4.69, 9.17) is 9.72 Å². The molecule has 0 radical (unpaired) electrons. The molecule has 0 aliphatic heterocycles. The highest BCUT2D eigenvalue weighted by atomic mass is 79.9. The zero-order chi connectivity index (χ0) is 15.1. The number of allylic oxidation sites excluding steroid dienone is 1. The molecule has 1 aliphatic carbocycles. The maximum absolute atomic E-state index is 5.55. The van der Waals surface area contributed by atoms with Crippen molar-refractivity contribution in [3.63, 3.8) is 0 Å². The summed E-state index contributed by atoms with van der Waals surface area (Å²) in [5, 5.41) is 0. The van der Waals surface area contributed by atoms with Gasteiger partial charge in [0, 0.05) is 21.8 Å². The number of fused-ring (bicyclic) bond motifs is 3. The van der Waals surface area contributed by atoms with Crippen LogP contribution in [0.4, 0.5) is 0 Å². The van der Waals surface area contributed by atoms with E-state index >= 15 is 0 Å². The number of para-hydroxylation sites is 1. The molecule has 0 atom stereocenters. The van der Waals surface area contributed by atoms with E-state index in [-0.39, 0.29) is 0 Å². The van der Waals surface area contributed by atoms with E-state index in [1.165, 1.54) is 11.3 Å². The van der Waals surface area contributed by atoms with Gasteiger partial charge in [0.1, 0.15) is 11.4 Å². The van der Waals surface area contributed by atoms with Crippen molar-refractivity contribution in [2.24, 2.45) is 0 Å². The Bertz CT molecular complexity index is 895. The van der Waals surface area contributed by atoms with E-state index in [2.05, 4.69) is 38.7 Å². The number of aryl methyl sites for hydroxylation is 1. The van der Waals surface area contributed by atoms with Gasteiger partial charge in [-0.2, -0.15) is 0 Å².